The highest BCUT2D eigenvalue weighted by Gasteiger charge is 2.32. The Kier molecular flexibility index (Phi) is 20.5. The molecule has 2 aromatic carbocycles. The Balaban J connectivity index is 0.000000406. The zero-order chi connectivity index (χ0) is 42.5. The first kappa shape index (κ1) is 47.4. The van der Waals surface area contributed by atoms with E-state index in [4.69, 9.17) is 9.84 Å². The molecule has 1 aliphatic heterocycles. The minimum Gasteiger partial charge on any atom is -0.481 e. The molecule has 2 unspecified atom stereocenters. The van der Waals surface area contributed by atoms with Crippen molar-refractivity contribution in [1.82, 2.24) is 10.2 Å². The van der Waals surface area contributed by atoms with Gasteiger partial charge in [-0.1, -0.05) is 114 Å². The molecule has 0 bridgehead atoms. The van der Waals surface area contributed by atoms with Crippen LogP contribution in [0, 0.1) is 24.9 Å². The predicted octanol–water partition coefficient (Wildman–Crippen LogP) is 8.24. The molecule has 307 valence electrons. The lowest BCUT2D eigenvalue weighted by atomic mass is 9.95. The highest BCUT2D eigenvalue weighted by atomic mass is 16.5. The largest absolute Gasteiger partial charge is 0.481 e. The van der Waals surface area contributed by atoms with Gasteiger partial charge in [0.05, 0.1) is 18.9 Å². The van der Waals surface area contributed by atoms with Gasteiger partial charge in [-0.15, -0.1) is 10.2 Å². The highest BCUT2D eigenvalue weighted by molar-refractivity contribution is 5.84. The predicted molar refractivity (Wildman–Crippen MR) is 217 cm³/mol. The Morgan fingerprint density at radius 2 is 1.44 bits per heavy atom. The van der Waals surface area contributed by atoms with Crippen molar-refractivity contribution in [2.45, 2.75) is 105 Å². The number of unbranched alkanes of at least 4 members (excludes halogenated alkanes) is 1. The molecule has 2 amide bonds. The Morgan fingerprint density at radius 1 is 0.842 bits per heavy atom. The molecule has 0 spiro atoms. The van der Waals surface area contributed by atoms with Gasteiger partial charge in [-0.2, -0.15) is 0 Å². The first-order valence-electron chi connectivity index (χ1n) is 19.2. The molecule has 3 atom stereocenters. The Hall–Kier alpha value is -5.79. The third kappa shape index (κ3) is 16.1. The summed E-state index contributed by atoms with van der Waals surface area (Å²) in [4.78, 5) is 60.7. The van der Waals surface area contributed by atoms with E-state index in [9.17, 15) is 29.1 Å². The van der Waals surface area contributed by atoms with Gasteiger partial charge in [0.25, 0.3) is 6.17 Å². The van der Waals surface area contributed by atoms with Crippen molar-refractivity contribution in [3.63, 3.8) is 0 Å². The van der Waals surface area contributed by atoms with E-state index in [-0.39, 0.29) is 55.0 Å². The molecule has 1 heterocycles. The average molecular weight is 786 g/mol. The van der Waals surface area contributed by atoms with E-state index in [2.05, 4.69) is 39.1 Å². The SMILES string of the molecule is C=C/C([C]1N=NN=N1)=C(\C=C)c1ccc(CN(C(=O)CCCC)C(C(=O)O)C(C)C)cc1.CCOC(=O)[C@H](C)CC(Cc1ccc(C)cc1)NC(=O)CCC(=O)O. The van der Waals surface area contributed by atoms with Gasteiger partial charge in [-0.3, -0.25) is 19.2 Å². The molecule has 0 aliphatic carbocycles. The maximum absolute atomic E-state index is 12.8. The second-order valence-corrected chi connectivity index (χ2v) is 14.0. The summed E-state index contributed by atoms with van der Waals surface area (Å²) in [7, 11) is 0. The minimum absolute atomic E-state index is 0.0759. The monoisotopic (exact) mass is 785 g/mol. The topological polar surface area (TPSA) is 200 Å². The van der Waals surface area contributed by atoms with Crippen LogP contribution in [0.5, 0.6) is 0 Å². The molecule has 0 saturated carbocycles. The summed E-state index contributed by atoms with van der Waals surface area (Å²) in [6.07, 6.45) is 6.31. The number of aryl methyl sites for hydroxylation is 1. The summed E-state index contributed by atoms with van der Waals surface area (Å²) >= 11 is 0. The molecule has 0 aromatic heterocycles. The molecule has 0 fully saturated rings. The molecule has 3 rings (SSSR count). The number of allylic oxidation sites excluding steroid dienone is 2. The van der Waals surface area contributed by atoms with E-state index >= 15 is 0 Å². The van der Waals surface area contributed by atoms with Crippen molar-refractivity contribution in [2.75, 3.05) is 6.61 Å². The number of hydrogen-bond acceptors (Lipinski definition) is 10. The van der Waals surface area contributed by atoms with E-state index in [1.165, 1.54) is 4.90 Å². The van der Waals surface area contributed by atoms with E-state index in [0.717, 1.165) is 40.7 Å². The lowest BCUT2D eigenvalue weighted by Gasteiger charge is -2.32. The number of carboxylic acids is 2. The van der Waals surface area contributed by atoms with Crippen LogP contribution in [-0.2, 0) is 41.7 Å². The number of carbonyl (C=O) groups excluding carboxylic acids is 3. The summed E-state index contributed by atoms with van der Waals surface area (Å²) in [5.41, 5.74) is 5.30. The fourth-order valence-corrected chi connectivity index (χ4v) is 6.07. The molecular formula is C43H57N6O8. The summed E-state index contributed by atoms with van der Waals surface area (Å²) < 4.78 is 5.03. The molecule has 1 radical (unpaired) electrons. The van der Waals surface area contributed by atoms with Crippen LogP contribution in [-0.4, -0.2) is 63.5 Å². The summed E-state index contributed by atoms with van der Waals surface area (Å²) in [6, 6.07) is 14.3. The van der Waals surface area contributed by atoms with Crippen molar-refractivity contribution in [3.8, 4) is 0 Å². The lowest BCUT2D eigenvalue weighted by molar-refractivity contribution is -0.153. The quantitative estimate of drug-likeness (QED) is 0.0783. The average Bonchev–Trinajstić information content (AvgIpc) is 3.71. The van der Waals surface area contributed by atoms with E-state index in [1.54, 1.807) is 26.0 Å². The number of carboxylic acid groups (broad SMARTS) is 2. The van der Waals surface area contributed by atoms with Gasteiger partial charge in [-0.25, -0.2) is 4.79 Å². The lowest BCUT2D eigenvalue weighted by Crippen LogP contribution is -2.47. The Bertz CT molecular complexity index is 1760. The van der Waals surface area contributed by atoms with Crippen LogP contribution in [0.1, 0.15) is 95.4 Å². The first-order valence-corrected chi connectivity index (χ1v) is 19.2. The van der Waals surface area contributed by atoms with Gasteiger partial charge < -0.3 is 25.2 Å². The zero-order valence-corrected chi connectivity index (χ0v) is 33.9. The number of esters is 1. The maximum Gasteiger partial charge on any atom is 0.326 e. The second kappa shape index (κ2) is 24.7. The fourth-order valence-electron chi connectivity index (χ4n) is 6.07. The van der Waals surface area contributed by atoms with Crippen molar-refractivity contribution in [2.24, 2.45) is 32.5 Å². The summed E-state index contributed by atoms with van der Waals surface area (Å²) in [5.74, 6) is -3.33. The number of carbonyl (C=O) groups is 5. The standard InChI is InChI=1S/C24H30N5O3.C19H27NO5/c1-6-9-10-21(30)29(22(16(4)5)24(31)32)15-17-11-13-18(14-12-17)19(7-2)20(8-3)23-25-27-28-26-23;1-4-25-19(24)14(3)11-16(20-17(21)9-10-18(22)23)12-15-7-5-13(2)6-8-15/h7-8,11-14,16,22H,2-3,6,9-10,15H2,1,4-5H3,(H,31,32);5-8,14,16H,4,9-12H2,1-3H3,(H,20,21)(H,22,23)/b20-19-;/t;14-,16?/m.1/s1. The molecular weight excluding hydrogens is 729 g/mol. The van der Waals surface area contributed by atoms with Gasteiger partial charge in [0.2, 0.25) is 11.8 Å². The summed E-state index contributed by atoms with van der Waals surface area (Å²) in [6.45, 7) is 19.4. The van der Waals surface area contributed by atoms with Gasteiger partial charge >= 0.3 is 17.9 Å². The van der Waals surface area contributed by atoms with E-state index in [0.29, 0.717) is 37.6 Å². The van der Waals surface area contributed by atoms with Crippen LogP contribution in [0.4, 0.5) is 0 Å². The van der Waals surface area contributed by atoms with Gasteiger partial charge in [-0.05, 0) is 71.7 Å². The minimum atomic E-state index is -1.01. The molecule has 2 aromatic rings. The molecule has 14 nitrogen and oxygen atoms in total. The molecule has 1 aliphatic rings. The molecule has 14 heteroatoms. The van der Waals surface area contributed by atoms with Crippen LogP contribution in [0.25, 0.3) is 5.57 Å². The van der Waals surface area contributed by atoms with E-state index in [1.807, 2.05) is 76.2 Å². The van der Waals surface area contributed by atoms with Crippen molar-refractivity contribution in [3.05, 3.63) is 108 Å². The highest BCUT2D eigenvalue weighted by Crippen LogP contribution is 2.32. The van der Waals surface area contributed by atoms with Crippen molar-refractivity contribution < 1.29 is 38.9 Å². The molecule has 0 saturated heterocycles. The number of nitrogens with zero attached hydrogens (tertiary/aromatic N) is 5. The number of amides is 2. The van der Waals surface area contributed by atoms with Crippen molar-refractivity contribution >= 4 is 35.3 Å². The smallest absolute Gasteiger partial charge is 0.326 e. The Morgan fingerprint density at radius 3 is 1.95 bits per heavy atom. The normalized spacial score (nSPS) is 14.0. The van der Waals surface area contributed by atoms with Crippen LogP contribution >= 0.6 is 0 Å². The number of hydrogen-bond donors (Lipinski definition) is 3. The van der Waals surface area contributed by atoms with Crippen LogP contribution in [0.3, 0.4) is 0 Å². The molecule has 3 N–H and O–H groups in total. The van der Waals surface area contributed by atoms with Crippen LogP contribution in [0.15, 0.2) is 100 Å². The van der Waals surface area contributed by atoms with Gasteiger partial charge in [0, 0.05) is 31.0 Å². The summed E-state index contributed by atoms with van der Waals surface area (Å²) in [5, 5.41) is 36.1. The molecule has 57 heavy (non-hydrogen) atoms. The van der Waals surface area contributed by atoms with Crippen molar-refractivity contribution in [1.29, 1.82) is 0 Å². The third-order valence-electron chi connectivity index (χ3n) is 9.02. The zero-order valence-electron chi connectivity index (χ0n) is 33.9. The van der Waals surface area contributed by atoms with Crippen LogP contribution in [0.2, 0.25) is 0 Å². The van der Waals surface area contributed by atoms with Crippen LogP contribution < -0.4 is 5.32 Å². The first-order chi connectivity index (χ1) is 27.1. The van der Waals surface area contributed by atoms with Gasteiger partial charge in [0.1, 0.15) is 6.04 Å². The van der Waals surface area contributed by atoms with Gasteiger partial charge in [0.15, 0.2) is 0 Å². The maximum atomic E-state index is 12.8. The number of nitrogens with one attached hydrogen (secondary N) is 1. The second-order valence-electron chi connectivity index (χ2n) is 14.0. The number of aliphatic carboxylic acids is 2. The van der Waals surface area contributed by atoms with E-state index < -0.39 is 18.0 Å². The number of benzene rings is 2. The number of rotatable bonds is 22. The Labute approximate surface area is 335 Å². The fraction of sp³-hybridized carbons (Fsp3) is 0.442. The third-order valence-corrected chi connectivity index (χ3v) is 9.02. The number of ether oxygens (including phenoxy) is 1.